The number of ketones is 3. The SMILES string of the molecule is CC[C@@]1(O)C(=O)OCc2c1cc1n(c2=O)Cc2c-1nc1cc(F)c(C)c3c1c2[C@@H](NC(=O)CNC(=O)[C@@H](CC(=O)CNC(=O)CCC(=O)C[C@@H](CC(=O)O)CC(=O)CCCCCN1C(=O)CC(C)C1=O)Cc1ccccc1)CC3. The van der Waals surface area contributed by atoms with Gasteiger partial charge in [-0.25, -0.2) is 14.2 Å². The Kier molecular flexibility index (Phi) is 17.8. The zero-order valence-electron chi connectivity index (χ0n) is 44.5. The van der Waals surface area contributed by atoms with Gasteiger partial charge in [0.05, 0.1) is 48.1 Å². The van der Waals surface area contributed by atoms with Gasteiger partial charge in [-0.1, -0.05) is 50.6 Å². The molecule has 1 aliphatic carbocycles. The third-order valence-electron chi connectivity index (χ3n) is 15.7. The molecule has 0 radical (unpaired) electrons. The smallest absolute Gasteiger partial charge is 0.343 e. The Morgan fingerprint density at radius 3 is 2.29 bits per heavy atom. The van der Waals surface area contributed by atoms with Crippen molar-refractivity contribution in [1.29, 1.82) is 0 Å². The minimum absolute atomic E-state index is 0.0266. The molecule has 5 N–H and O–H groups in total. The molecule has 1 unspecified atom stereocenters. The van der Waals surface area contributed by atoms with Crippen molar-refractivity contribution in [2.75, 3.05) is 19.6 Å². The van der Waals surface area contributed by atoms with E-state index in [1.807, 2.05) is 0 Å². The van der Waals surface area contributed by atoms with E-state index in [2.05, 4.69) is 16.0 Å². The summed E-state index contributed by atoms with van der Waals surface area (Å²) in [6, 6.07) is 11.1. The van der Waals surface area contributed by atoms with Gasteiger partial charge in [0.1, 0.15) is 24.0 Å². The normalized spacial score (nSPS) is 18.7. The number of imide groups is 1. The van der Waals surface area contributed by atoms with Crippen molar-refractivity contribution in [2.24, 2.45) is 17.8 Å². The van der Waals surface area contributed by atoms with Crippen LogP contribution in [0, 0.1) is 30.5 Å². The summed E-state index contributed by atoms with van der Waals surface area (Å²) in [5.74, 6) is -8.03. The first-order valence-electron chi connectivity index (χ1n) is 27.0. The number of carbonyl (C=O) groups is 10. The fourth-order valence-corrected chi connectivity index (χ4v) is 11.5. The number of Topliss-reactive ketones (excluding diaryl/α,β-unsaturated/α-hetero) is 3. The molecule has 5 atom stereocenters. The van der Waals surface area contributed by atoms with Crippen LogP contribution in [-0.4, -0.2) is 103 Å². The van der Waals surface area contributed by atoms with Crippen molar-refractivity contribution in [2.45, 2.75) is 142 Å². The summed E-state index contributed by atoms with van der Waals surface area (Å²) in [7, 11) is 0. The van der Waals surface area contributed by atoms with Crippen molar-refractivity contribution in [1.82, 2.24) is 30.4 Å². The van der Waals surface area contributed by atoms with Crippen molar-refractivity contribution in [3.63, 3.8) is 0 Å². The standard InChI is InChI=1S/C58H65FN6O14/c1-4-58(78)42-25-46-53-40(29-65(46)56(76)41(42)30-79-57(58)77)52-44(16-15-39-32(3)43(59)26-45(63-53)51(39)52)62-48(70)28-61-54(74)35(20-33-11-7-5-8-12-33)24-38(68)27-60-47(69)17-14-37(67)22-34(23-50(72)73)21-36(66)13-9-6-10-18-64-49(71)19-31(2)55(64)75/h5,7-8,11-12,25-26,31,34-35,44,78H,4,6,9-10,13-24,27-30H2,1-3H3,(H,60,69)(H,61,74)(H,62,70)(H,72,73)/t31?,34-,35+,44-,58-/m0/s1. The molecular formula is C58H65FN6O14. The monoisotopic (exact) mass is 1090 g/mol. The summed E-state index contributed by atoms with van der Waals surface area (Å²) in [6.07, 6.45) is 0.936. The quantitative estimate of drug-likeness (QED) is 0.0291. The van der Waals surface area contributed by atoms with Crippen molar-refractivity contribution < 1.29 is 67.3 Å². The van der Waals surface area contributed by atoms with E-state index >= 15 is 4.39 Å². The number of likely N-dealkylation sites (tertiary alicyclic amines) is 1. The van der Waals surface area contributed by atoms with E-state index < -0.39 is 95.6 Å². The van der Waals surface area contributed by atoms with Crippen molar-refractivity contribution >= 4 is 69.7 Å². The number of nitrogens with zero attached hydrogens (tertiary/aromatic N) is 3. The first-order valence-corrected chi connectivity index (χ1v) is 27.0. The van der Waals surface area contributed by atoms with Crippen LogP contribution in [0.1, 0.15) is 142 Å². The van der Waals surface area contributed by atoms with E-state index in [-0.39, 0.29) is 118 Å². The second kappa shape index (κ2) is 24.5. The van der Waals surface area contributed by atoms with Gasteiger partial charge in [-0.3, -0.25) is 52.8 Å². The molecule has 5 amide bonds. The summed E-state index contributed by atoms with van der Waals surface area (Å²) in [6.45, 7) is 3.97. The number of aromatic nitrogens is 2. The fraction of sp³-hybridized carbons (Fsp3) is 0.483. The number of unbranched alkanes of at least 4 members (excludes halogenated alkanes) is 2. The second-order valence-corrected chi connectivity index (χ2v) is 21.3. The number of ether oxygens (including phenoxy) is 1. The third kappa shape index (κ3) is 12.7. The van der Waals surface area contributed by atoms with Gasteiger partial charge in [-0.2, -0.15) is 0 Å². The average Bonchev–Trinajstić information content (AvgIpc) is 4.00. The number of fused-ring (bicyclic) bond motifs is 5. The van der Waals surface area contributed by atoms with Crippen LogP contribution in [0.5, 0.6) is 0 Å². The molecule has 4 aromatic rings. The maximum Gasteiger partial charge on any atom is 0.343 e. The van der Waals surface area contributed by atoms with E-state index in [1.54, 1.807) is 57.2 Å². The number of nitrogens with one attached hydrogen (secondary N) is 3. The van der Waals surface area contributed by atoms with Crippen LogP contribution in [0.25, 0.3) is 22.3 Å². The van der Waals surface area contributed by atoms with Crippen molar-refractivity contribution in [3.8, 4) is 11.4 Å². The lowest BCUT2D eigenvalue weighted by atomic mass is 9.81. The number of pyridine rings is 2. The highest BCUT2D eigenvalue weighted by atomic mass is 19.1. The topological polar surface area (TPSA) is 295 Å². The van der Waals surface area contributed by atoms with E-state index in [0.717, 1.165) is 5.56 Å². The summed E-state index contributed by atoms with van der Waals surface area (Å²) in [4.78, 5) is 148. The molecule has 5 heterocycles. The number of hydrogen-bond acceptors (Lipinski definition) is 14. The van der Waals surface area contributed by atoms with Gasteiger partial charge in [0, 0.05) is 92.3 Å². The van der Waals surface area contributed by atoms with Crippen LogP contribution in [0.4, 0.5) is 4.39 Å². The van der Waals surface area contributed by atoms with Gasteiger partial charge >= 0.3 is 11.9 Å². The molecule has 4 aliphatic rings. The molecule has 79 heavy (non-hydrogen) atoms. The van der Waals surface area contributed by atoms with E-state index in [1.165, 1.54) is 15.5 Å². The van der Waals surface area contributed by atoms with Gasteiger partial charge in [0.25, 0.3) is 5.56 Å². The number of cyclic esters (lactones) is 1. The van der Waals surface area contributed by atoms with Crippen LogP contribution < -0.4 is 21.5 Å². The number of aliphatic carboxylic acids is 1. The van der Waals surface area contributed by atoms with Crippen LogP contribution in [0.15, 0.2) is 47.3 Å². The molecule has 1 fully saturated rings. The molecule has 1 saturated heterocycles. The highest BCUT2D eigenvalue weighted by molar-refractivity contribution is 6.03. The zero-order chi connectivity index (χ0) is 56.9. The highest BCUT2D eigenvalue weighted by Crippen LogP contribution is 2.46. The van der Waals surface area contributed by atoms with E-state index in [0.29, 0.717) is 71.1 Å². The lowest BCUT2D eigenvalue weighted by Gasteiger charge is -2.31. The number of halogens is 1. The summed E-state index contributed by atoms with van der Waals surface area (Å²) in [5.41, 5.74) is 1.69. The number of rotatable bonds is 26. The zero-order valence-corrected chi connectivity index (χ0v) is 44.5. The summed E-state index contributed by atoms with van der Waals surface area (Å²) in [5, 5.41) is 29.7. The number of benzene rings is 2. The molecule has 2 aromatic heterocycles. The maximum absolute atomic E-state index is 15.5. The van der Waals surface area contributed by atoms with Gasteiger partial charge in [-0.15, -0.1) is 0 Å². The largest absolute Gasteiger partial charge is 0.481 e. The molecule has 0 saturated carbocycles. The summed E-state index contributed by atoms with van der Waals surface area (Å²) >= 11 is 0. The Morgan fingerprint density at radius 2 is 1.59 bits per heavy atom. The van der Waals surface area contributed by atoms with Crippen LogP contribution >= 0.6 is 0 Å². The van der Waals surface area contributed by atoms with Crippen LogP contribution in [0.2, 0.25) is 0 Å². The number of carbonyl (C=O) groups excluding carboxylic acids is 9. The van der Waals surface area contributed by atoms with E-state index in [9.17, 15) is 63.0 Å². The Labute approximate surface area is 454 Å². The molecule has 0 spiro atoms. The molecular weight excluding hydrogens is 1020 g/mol. The summed E-state index contributed by atoms with van der Waals surface area (Å²) < 4.78 is 22.2. The molecule has 21 heteroatoms. The maximum atomic E-state index is 15.5. The Bertz CT molecular complexity index is 3230. The van der Waals surface area contributed by atoms with Gasteiger partial charge in [0.15, 0.2) is 11.4 Å². The minimum Gasteiger partial charge on any atom is -0.481 e. The number of esters is 1. The van der Waals surface area contributed by atoms with E-state index in [4.69, 9.17) is 9.72 Å². The number of aliphatic hydroxyl groups is 1. The molecule has 0 bridgehead atoms. The van der Waals surface area contributed by atoms with Crippen molar-refractivity contribution in [3.05, 3.63) is 97.6 Å². The van der Waals surface area contributed by atoms with Gasteiger partial charge in [-0.05, 0) is 79.7 Å². The second-order valence-electron chi connectivity index (χ2n) is 21.3. The Morgan fingerprint density at radius 1 is 0.861 bits per heavy atom. The third-order valence-corrected chi connectivity index (χ3v) is 15.7. The first kappa shape index (κ1) is 57.4. The predicted molar refractivity (Wildman–Crippen MR) is 281 cm³/mol. The molecule has 418 valence electrons. The van der Waals surface area contributed by atoms with Crippen LogP contribution in [0.3, 0.4) is 0 Å². The molecule has 8 rings (SSSR count). The van der Waals surface area contributed by atoms with Gasteiger partial charge < -0.3 is 35.5 Å². The first-order chi connectivity index (χ1) is 37.7. The number of carboxylic acid groups (broad SMARTS) is 1. The Balaban J connectivity index is 0.853. The molecule has 2 aromatic carbocycles. The Hall–Kier alpha value is -7.81. The molecule has 3 aliphatic heterocycles. The molecule has 20 nitrogen and oxygen atoms in total. The minimum atomic E-state index is -2.07. The average molecular weight is 1090 g/mol. The van der Waals surface area contributed by atoms with Crippen LogP contribution in [-0.2, 0) is 84.3 Å². The predicted octanol–water partition coefficient (Wildman–Crippen LogP) is 4.43. The lowest BCUT2D eigenvalue weighted by molar-refractivity contribution is -0.172. The number of carboxylic acids is 1. The highest BCUT2D eigenvalue weighted by Gasteiger charge is 2.46. The number of aryl methyl sites for hydroxylation is 1. The number of hydrogen-bond donors (Lipinski definition) is 5. The lowest BCUT2D eigenvalue weighted by Crippen LogP contribution is -2.44. The fourth-order valence-electron chi connectivity index (χ4n) is 11.5. The number of amides is 5. The van der Waals surface area contributed by atoms with Gasteiger partial charge in [0.2, 0.25) is 29.5 Å².